The van der Waals surface area contributed by atoms with E-state index in [0.717, 1.165) is 22.3 Å². The van der Waals surface area contributed by atoms with Crippen molar-refractivity contribution < 1.29 is 28.2 Å². The Hall–Kier alpha value is -4.98. The lowest BCUT2D eigenvalue weighted by Crippen LogP contribution is -2.54. The highest BCUT2D eigenvalue weighted by Gasteiger charge is 2.39. The van der Waals surface area contributed by atoms with Crippen LogP contribution in [0.4, 0.5) is 9.18 Å². The highest BCUT2D eigenvalue weighted by atomic mass is 19.1. The lowest BCUT2D eigenvalue weighted by Gasteiger charge is -2.40. The van der Waals surface area contributed by atoms with Crippen molar-refractivity contribution in [1.82, 2.24) is 9.80 Å². The van der Waals surface area contributed by atoms with E-state index in [1.807, 2.05) is 54.6 Å². The van der Waals surface area contributed by atoms with E-state index >= 15 is 4.39 Å². The Morgan fingerprint density at radius 1 is 0.860 bits per heavy atom. The third kappa shape index (κ3) is 6.75. The van der Waals surface area contributed by atoms with E-state index in [0.29, 0.717) is 11.1 Å². The van der Waals surface area contributed by atoms with Gasteiger partial charge >= 0.3 is 12.1 Å². The van der Waals surface area contributed by atoms with Gasteiger partial charge in [0.05, 0.1) is 25.3 Å². The molecule has 0 bridgehead atoms. The molecule has 0 N–H and O–H groups in total. The van der Waals surface area contributed by atoms with Gasteiger partial charge in [-0.3, -0.25) is 9.69 Å². The van der Waals surface area contributed by atoms with Crippen LogP contribution in [-0.2, 0) is 40.4 Å². The average Bonchev–Trinajstić information content (AvgIpc) is 3.05. The summed E-state index contributed by atoms with van der Waals surface area (Å²) in [7, 11) is 1.31. The number of fused-ring (bicyclic) bond motifs is 1. The fourth-order valence-electron chi connectivity index (χ4n) is 5.38. The molecule has 7 nitrogen and oxygen atoms in total. The van der Waals surface area contributed by atoms with Gasteiger partial charge < -0.3 is 14.4 Å². The monoisotopic (exact) mass is 580 g/mol. The van der Waals surface area contributed by atoms with Crippen LogP contribution < -0.4 is 0 Å². The van der Waals surface area contributed by atoms with Gasteiger partial charge in [-0.1, -0.05) is 84.9 Å². The Labute approximate surface area is 250 Å². The van der Waals surface area contributed by atoms with Gasteiger partial charge in [-0.2, -0.15) is 0 Å². The number of carbonyl (C=O) groups excluding carboxylic acids is 3. The van der Waals surface area contributed by atoms with E-state index in [4.69, 9.17) is 9.47 Å². The van der Waals surface area contributed by atoms with E-state index in [9.17, 15) is 14.4 Å². The molecule has 2 atom stereocenters. The molecule has 0 aromatic heterocycles. The van der Waals surface area contributed by atoms with Crippen LogP contribution in [0.3, 0.4) is 0 Å². The third-order valence-corrected chi connectivity index (χ3v) is 7.81. The Morgan fingerprint density at radius 2 is 1.51 bits per heavy atom. The van der Waals surface area contributed by atoms with Crippen molar-refractivity contribution in [3.63, 3.8) is 0 Å². The minimum atomic E-state index is -0.873. The molecule has 0 saturated heterocycles. The highest BCUT2D eigenvalue weighted by molar-refractivity contribution is 5.89. The molecule has 43 heavy (non-hydrogen) atoms. The molecule has 1 heterocycles. The van der Waals surface area contributed by atoms with Crippen molar-refractivity contribution in [3.05, 3.63) is 142 Å². The van der Waals surface area contributed by atoms with Crippen molar-refractivity contribution in [1.29, 1.82) is 0 Å². The maximum absolute atomic E-state index is 15.0. The number of rotatable bonds is 8. The average molecular weight is 581 g/mol. The number of hydrogen-bond donors (Lipinski definition) is 0. The van der Waals surface area contributed by atoms with E-state index < -0.39 is 30.0 Å². The van der Waals surface area contributed by atoms with Gasteiger partial charge in [0, 0.05) is 18.5 Å². The smallest absolute Gasteiger partial charge is 0.411 e. The molecule has 1 aliphatic rings. The van der Waals surface area contributed by atoms with Gasteiger partial charge in [-0.25, -0.2) is 14.0 Å². The predicted octanol–water partition coefficient (Wildman–Crippen LogP) is 6.47. The zero-order chi connectivity index (χ0) is 30.3. The first-order valence-corrected chi connectivity index (χ1v) is 14.1. The molecule has 8 heteroatoms. The van der Waals surface area contributed by atoms with Crippen molar-refractivity contribution in [2.24, 2.45) is 0 Å². The summed E-state index contributed by atoms with van der Waals surface area (Å²) in [6, 6.07) is 28.6. The van der Waals surface area contributed by atoms with Gasteiger partial charge in [-0.05, 0) is 47.4 Å². The molecule has 0 fully saturated rings. The first-order valence-electron chi connectivity index (χ1n) is 14.1. The van der Waals surface area contributed by atoms with Crippen LogP contribution in [-0.4, -0.2) is 40.9 Å². The standard InChI is InChI=1S/C35H33FN2O5/c1-24(30-14-8-9-15-31(30)36)37(21-25-16-18-27(19-17-25)34(40)42-2)33(39)32-20-28-12-6-7-13-29(28)22-38(32)35(41)43-23-26-10-4-3-5-11-26/h3-19,24,32H,20-23H2,1-2H3/t24-,32?/m1/s1. The molecular weight excluding hydrogens is 547 g/mol. The summed E-state index contributed by atoms with van der Waals surface area (Å²) in [6.07, 6.45) is -0.311. The number of nitrogens with zero attached hydrogens (tertiary/aromatic N) is 2. The molecule has 0 spiro atoms. The van der Waals surface area contributed by atoms with E-state index in [1.165, 1.54) is 18.1 Å². The van der Waals surface area contributed by atoms with Gasteiger partial charge in [0.2, 0.25) is 5.91 Å². The fourth-order valence-corrected chi connectivity index (χ4v) is 5.38. The lowest BCUT2D eigenvalue weighted by molar-refractivity contribution is -0.140. The van der Waals surface area contributed by atoms with Crippen LogP contribution in [0.25, 0.3) is 0 Å². The molecule has 1 unspecified atom stereocenters. The predicted molar refractivity (Wildman–Crippen MR) is 159 cm³/mol. The van der Waals surface area contributed by atoms with Crippen molar-refractivity contribution in [3.8, 4) is 0 Å². The van der Waals surface area contributed by atoms with Crippen LogP contribution in [0.5, 0.6) is 0 Å². The maximum Gasteiger partial charge on any atom is 0.411 e. The number of methoxy groups -OCH3 is 1. The summed E-state index contributed by atoms with van der Waals surface area (Å²) in [4.78, 5) is 43.1. The summed E-state index contributed by atoms with van der Waals surface area (Å²) in [6.45, 7) is 2.17. The number of halogens is 1. The molecular formula is C35H33FN2O5. The Kier molecular flexibility index (Phi) is 9.15. The minimum Gasteiger partial charge on any atom is -0.465 e. The van der Waals surface area contributed by atoms with Gasteiger partial charge in [0.15, 0.2) is 0 Å². The largest absolute Gasteiger partial charge is 0.465 e. The topological polar surface area (TPSA) is 76.2 Å². The Balaban J connectivity index is 1.47. The first-order chi connectivity index (χ1) is 20.9. The molecule has 4 aromatic rings. The molecule has 220 valence electrons. The van der Waals surface area contributed by atoms with Crippen molar-refractivity contribution >= 4 is 18.0 Å². The molecule has 0 radical (unpaired) electrons. The zero-order valence-electron chi connectivity index (χ0n) is 24.1. The third-order valence-electron chi connectivity index (χ3n) is 7.81. The Bertz CT molecular complexity index is 1590. The number of esters is 1. The lowest BCUT2D eigenvalue weighted by atomic mass is 9.92. The first kappa shape index (κ1) is 29.5. The molecule has 0 saturated carbocycles. The molecule has 5 rings (SSSR count). The number of carbonyl (C=O) groups is 3. The Morgan fingerprint density at radius 3 is 2.21 bits per heavy atom. The number of amides is 2. The minimum absolute atomic E-state index is 0.0701. The molecule has 2 amide bonds. The van der Waals surface area contributed by atoms with Crippen LogP contribution in [0.2, 0.25) is 0 Å². The van der Waals surface area contributed by atoms with E-state index in [-0.39, 0.29) is 32.0 Å². The summed E-state index contributed by atoms with van der Waals surface area (Å²) in [5, 5.41) is 0. The molecule has 4 aromatic carbocycles. The second-order valence-electron chi connectivity index (χ2n) is 10.5. The summed E-state index contributed by atoms with van der Waals surface area (Å²) >= 11 is 0. The number of hydrogen-bond acceptors (Lipinski definition) is 5. The quantitative estimate of drug-likeness (QED) is 0.224. The van der Waals surface area contributed by atoms with Crippen LogP contribution in [0.15, 0.2) is 103 Å². The SMILES string of the molecule is COC(=O)c1ccc(CN(C(=O)C2Cc3ccccc3CN2C(=O)OCc2ccccc2)[C@H](C)c2ccccc2F)cc1. The van der Waals surface area contributed by atoms with E-state index in [1.54, 1.807) is 54.3 Å². The van der Waals surface area contributed by atoms with Gasteiger partial charge in [-0.15, -0.1) is 0 Å². The summed E-state index contributed by atoms with van der Waals surface area (Å²) in [5.74, 6) is -1.23. The second kappa shape index (κ2) is 13.3. The van der Waals surface area contributed by atoms with Crippen molar-refractivity contribution in [2.45, 2.75) is 45.1 Å². The normalized spacial score (nSPS) is 14.8. The van der Waals surface area contributed by atoms with Gasteiger partial charge in [0.1, 0.15) is 18.5 Å². The maximum atomic E-state index is 15.0. The zero-order valence-corrected chi connectivity index (χ0v) is 24.1. The summed E-state index contributed by atoms with van der Waals surface area (Å²) in [5.41, 5.74) is 4.21. The summed E-state index contributed by atoms with van der Waals surface area (Å²) < 4.78 is 25.5. The fraction of sp³-hybridized carbons (Fsp3) is 0.229. The van der Waals surface area contributed by atoms with Crippen LogP contribution in [0, 0.1) is 5.82 Å². The highest BCUT2D eigenvalue weighted by Crippen LogP contribution is 2.31. The number of ether oxygens (including phenoxy) is 2. The van der Waals surface area contributed by atoms with Crippen LogP contribution >= 0.6 is 0 Å². The second-order valence-corrected chi connectivity index (χ2v) is 10.5. The van der Waals surface area contributed by atoms with E-state index in [2.05, 4.69) is 0 Å². The molecule has 1 aliphatic heterocycles. The van der Waals surface area contributed by atoms with Crippen LogP contribution in [0.1, 0.15) is 51.1 Å². The van der Waals surface area contributed by atoms with Gasteiger partial charge in [0.25, 0.3) is 0 Å². The van der Waals surface area contributed by atoms with Crippen molar-refractivity contribution in [2.75, 3.05) is 7.11 Å². The number of benzene rings is 4. The molecule has 0 aliphatic carbocycles.